The number of nitrogens with zero attached hydrogens (tertiary/aromatic N) is 6. The first-order valence-electron chi connectivity index (χ1n) is 9.38. The van der Waals surface area contributed by atoms with E-state index in [1.165, 1.54) is 4.68 Å². The molecule has 10 heteroatoms. The van der Waals surface area contributed by atoms with Gasteiger partial charge < -0.3 is 5.73 Å². The van der Waals surface area contributed by atoms with Gasteiger partial charge in [-0.15, -0.1) is 5.10 Å². The highest BCUT2D eigenvalue weighted by molar-refractivity contribution is 6.13. The van der Waals surface area contributed by atoms with Crippen molar-refractivity contribution in [3.8, 4) is 5.82 Å². The second-order valence-corrected chi connectivity index (χ2v) is 6.84. The number of rotatable bonds is 4. The molecule has 152 valence electrons. The molecule has 0 spiro atoms. The number of hydrogen-bond acceptors (Lipinski definition) is 8. The van der Waals surface area contributed by atoms with Crippen LogP contribution in [0.25, 0.3) is 27.4 Å². The standard InChI is InChI=1S/C21H16N8O2/c1-12-18(24-28-29(12)20-19(22)26-31-27-20)21(30)25-23-11-17-15-8-4-2-6-13(15)10-14-7-3-5-9-16(14)17/h2-11H,1H3,(H2,22,26)(H,25,30). The number of fused-ring (bicyclic) bond motifs is 2. The zero-order chi connectivity index (χ0) is 21.4. The van der Waals surface area contributed by atoms with Crippen LogP contribution in [0.15, 0.2) is 64.3 Å². The van der Waals surface area contributed by atoms with Crippen LogP contribution in [0.1, 0.15) is 21.7 Å². The van der Waals surface area contributed by atoms with Crippen LogP contribution in [0.2, 0.25) is 0 Å². The Kier molecular flexibility index (Phi) is 4.36. The van der Waals surface area contributed by atoms with Crippen LogP contribution in [0.3, 0.4) is 0 Å². The number of nitrogen functional groups attached to an aromatic ring is 1. The van der Waals surface area contributed by atoms with E-state index in [1.807, 2.05) is 48.5 Å². The minimum absolute atomic E-state index is 0.0424. The lowest BCUT2D eigenvalue weighted by Gasteiger charge is -2.07. The maximum absolute atomic E-state index is 12.6. The first-order valence-corrected chi connectivity index (χ1v) is 9.38. The molecular weight excluding hydrogens is 396 g/mol. The van der Waals surface area contributed by atoms with Crippen molar-refractivity contribution in [2.75, 3.05) is 5.73 Å². The summed E-state index contributed by atoms with van der Waals surface area (Å²) in [5.74, 6) is -0.310. The van der Waals surface area contributed by atoms with Crippen LogP contribution >= 0.6 is 0 Å². The van der Waals surface area contributed by atoms with Crippen molar-refractivity contribution in [2.24, 2.45) is 5.10 Å². The van der Waals surface area contributed by atoms with Gasteiger partial charge in [0.25, 0.3) is 5.91 Å². The average molecular weight is 412 g/mol. The SMILES string of the molecule is Cc1c(C(=O)NN=Cc2c3ccccc3cc3ccccc23)nnn1-c1nonc1N. The summed E-state index contributed by atoms with van der Waals surface area (Å²) in [6, 6.07) is 18.2. The molecule has 2 aromatic heterocycles. The van der Waals surface area contributed by atoms with Gasteiger partial charge in [-0.1, -0.05) is 53.7 Å². The number of benzene rings is 3. The Morgan fingerprint density at radius 3 is 2.42 bits per heavy atom. The third kappa shape index (κ3) is 3.15. The van der Waals surface area contributed by atoms with Crippen LogP contribution in [-0.2, 0) is 0 Å². The number of anilines is 1. The molecule has 0 unspecified atom stereocenters. The molecule has 0 aliphatic heterocycles. The Bertz CT molecular complexity index is 1410. The van der Waals surface area contributed by atoms with Gasteiger partial charge in [0, 0.05) is 5.56 Å². The summed E-state index contributed by atoms with van der Waals surface area (Å²) >= 11 is 0. The van der Waals surface area contributed by atoms with E-state index in [0.717, 1.165) is 27.1 Å². The molecule has 31 heavy (non-hydrogen) atoms. The summed E-state index contributed by atoms with van der Waals surface area (Å²) in [4.78, 5) is 12.6. The molecule has 0 saturated carbocycles. The lowest BCUT2D eigenvalue weighted by molar-refractivity contribution is 0.0949. The number of nitrogens with one attached hydrogen (secondary N) is 1. The molecule has 0 radical (unpaired) electrons. The van der Waals surface area contributed by atoms with E-state index < -0.39 is 5.91 Å². The maximum Gasteiger partial charge on any atom is 0.293 e. The Hall–Kier alpha value is -4.60. The minimum Gasteiger partial charge on any atom is -0.378 e. The van der Waals surface area contributed by atoms with Gasteiger partial charge in [-0.05, 0) is 44.8 Å². The molecule has 0 saturated heterocycles. The molecule has 3 aromatic carbocycles. The minimum atomic E-state index is -0.514. The van der Waals surface area contributed by atoms with Crippen LogP contribution in [0.5, 0.6) is 0 Å². The Morgan fingerprint density at radius 1 is 1.10 bits per heavy atom. The fourth-order valence-electron chi connectivity index (χ4n) is 3.47. The molecule has 1 amide bonds. The Morgan fingerprint density at radius 2 is 1.77 bits per heavy atom. The zero-order valence-corrected chi connectivity index (χ0v) is 16.4. The molecule has 2 heterocycles. The molecule has 5 rings (SSSR count). The van der Waals surface area contributed by atoms with Crippen LogP contribution in [0, 0.1) is 6.92 Å². The monoisotopic (exact) mass is 412 g/mol. The van der Waals surface area contributed by atoms with Crippen LogP contribution in [-0.4, -0.2) is 37.4 Å². The van der Waals surface area contributed by atoms with E-state index in [-0.39, 0.29) is 17.3 Å². The molecule has 0 aliphatic rings. The largest absolute Gasteiger partial charge is 0.378 e. The summed E-state index contributed by atoms with van der Waals surface area (Å²) in [7, 11) is 0. The van der Waals surface area contributed by atoms with Crippen molar-refractivity contribution >= 4 is 39.5 Å². The number of hydrogen-bond donors (Lipinski definition) is 2. The predicted molar refractivity (Wildman–Crippen MR) is 115 cm³/mol. The van der Waals surface area contributed by atoms with E-state index in [2.05, 4.69) is 41.8 Å². The Labute approximate surface area is 175 Å². The van der Waals surface area contributed by atoms with Gasteiger partial charge in [0.1, 0.15) is 0 Å². The predicted octanol–water partition coefficient (Wildman–Crippen LogP) is 2.61. The molecule has 10 nitrogen and oxygen atoms in total. The van der Waals surface area contributed by atoms with Gasteiger partial charge in [-0.25, -0.2) is 10.1 Å². The summed E-state index contributed by atoms with van der Waals surface area (Å²) in [6.07, 6.45) is 1.64. The highest BCUT2D eigenvalue weighted by Gasteiger charge is 2.20. The van der Waals surface area contributed by atoms with Gasteiger partial charge in [0.15, 0.2) is 5.69 Å². The number of carbonyl (C=O) groups excluding carboxylic acids is 1. The molecular formula is C21H16N8O2. The highest BCUT2D eigenvalue weighted by Crippen LogP contribution is 2.27. The molecule has 0 fully saturated rings. The number of aromatic nitrogens is 5. The van der Waals surface area contributed by atoms with E-state index in [4.69, 9.17) is 5.73 Å². The molecule has 0 atom stereocenters. The molecule has 3 N–H and O–H groups in total. The van der Waals surface area contributed by atoms with Crippen molar-refractivity contribution in [1.82, 2.24) is 30.7 Å². The quantitative estimate of drug-likeness (QED) is 0.263. The highest BCUT2D eigenvalue weighted by atomic mass is 16.6. The summed E-state index contributed by atoms with van der Waals surface area (Å²) in [5, 5.41) is 23.4. The van der Waals surface area contributed by atoms with Crippen LogP contribution < -0.4 is 11.2 Å². The van der Waals surface area contributed by atoms with Gasteiger partial charge in [0.05, 0.1) is 11.9 Å². The van der Waals surface area contributed by atoms with E-state index in [9.17, 15) is 4.79 Å². The second-order valence-electron chi connectivity index (χ2n) is 6.84. The number of amides is 1. The molecule has 0 aliphatic carbocycles. The first-order chi connectivity index (χ1) is 15.1. The fourth-order valence-corrected chi connectivity index (χ4v) is 3.47. The fraction of sp³-hybridized carbons (Fsp3) is 0.0476. The van der Waals surface area contributed by atoms with E-state index >= 15 is 0 Å². The normalized spacial score (nSPS) is 11.5. The van der Waals surface area contributed by atoms with Crippen molar-refractivity contribution in [3.05, 3.63) is 71.5 Å². The van der Waals surface area contributed by atoms with Crippen molar-refractivity contribution in [2.45, 2.75) is 6.92 Å². The lowest BCUT2D eigenvalue weighted by Crippen LogP contribution is -2.19. The topological polar surface area (TPSA) is 137 Å². The zero-order valence-electron chi connectivity index (χ0n) is 16.4. The molecule has 0 bridgehead atoms. The summed E-state index contributed by atoms with van der Waals surface area (Å²) in [6.45, 7) is 1.66. The first kappa shape index (κ1) is 18.4. The number of carbonyl (C=O) groups is 1. The summed E-state index contributed by atoms with van der Waals surface area (Å²) < 4.78 is 5.85. The van der Waals surface area contributed by atoms with Gasteiger partial charge in [-0.2, -0.15) is 9.78 Å². The van der Waals surface area contributed by atoms with Crippen molar-refractivity contribution in [1.29, 1.82) is 0 Å². The van der Waals surface area contributed by atoms with Gasteiger partial charge >= 0.3 is 0 Å². The summed E-state index contributed by atoms with van der Waals surface area (Å²) in [5.41, 5.74) is 9.62. The van der Waals surface area contributed by atoms with Gasteiger partial charge in [-0.3, -0.25) is 4.79 Å². The van der Waals surface area contributed by atoms with Gasteiger partial charge in [0.2, 0.25) is 11.6 Å². The third-order valence-electron chi connectivity index (χ3n) is 4.98. The van der Waals surface area contributed by atoms with Crippen molar-refractivity contribution in [3.63, 3.8) is 0 Å². The second kappa shape index (κ2) is 7.34. The average Bonchev–Trinajstić information content (AvgIpc) is 3.38. The third-order valence-corrected chi connectivity index (χ3v) is 4.98. The maximum atomic E-state index is 12.6. The van der Waals surface area contributed by atoms with Crippen molar-refractivity contribution < 1.29 is 9.42 Å². The molecule has 5 aromatic rings. The number of nitrogens with two attached hydrogens (primary N) is 1. The number of hydrazone groups is 1. The lowest BCUT2D eigenvalue weighted by atomic mass is 9.97. The van der Waals surface area contributed by atoms with E-state index in [0.29, 0.717) is 5.69 Å². The Balaban J connectivity index is 1.46. The van der Waals surface area contributed by atoms with E-state index in [1.54, 1.807) is 13.1 Å². The smallest absolute Gasteiger partial charge is 0.293 e. The van der Waals surface area contributed by atoms with Crippen LogP contribution in [0.4, 0.5) is 5.82 Å².